The van der Waals surface area contributed by atoms with Crippen LogP contribution in [-0.2, 0) is 4.79 Å². The van der Waals surface area contributed by atoms with Crippen molar-refractivity contribution < 1.29 is 24.4 Å². The number of nitrogens with two attached hydrogens (primary N) is 1. The van der Waals surface area contributed by atoms with Crippen LogP contribution in [0.4, 0.5) is 10.5 Å². The van der Waals surface area contributed by atoms with Crippen LogP contribution in [0.1, 0.15) is 44.9 Å². The van der Waals surface area contributed by atoms with Gasteiger partial charge in [-0.25, -0.2) is 4.79 Å². The molecular formula is C18H26N3O4+. The SMILES string of the molecule is O=C(C[NH2+]C1CCCCCCC1)NC(=O)Nc1ccc2c(c1)OCO2. The quantitative estimate of drug-likeness (QED) is 0.773. The summed E-state index contributed by atoms with van der Waals surface area (Å²) in [6, 6.07) is 5.06. The lowest BCUT2D eigenvalue weighted by Crippen LogP contribution is -2.92. The molecule has 1 saturated carbocycles. The number of urea groups is 1. The van der Waals surface area contributed by atoms with Crippen molar-refractivity contribution >= 4 is 17.6 Å². The minimum Gasteiger partial charge on any atom is -0.454 e. The van der Waals surface area contributed by atoms with Gasteiger partial charge in [0, 0.05) is 11.8 Å². The summed E-state index contributed by atoms with van der Waals surface area (Å²) in [5.74, 6) is 0.956. The Bertz CT molecular complexity index is 612. The number of carbonyl (C=O) groups excluding carboxylic acids is 2. The van der Waals surface area contributed by atoms with Gasteiger partial charge in [-0.1, -0.05) is 19.3 Å². The number of ether oxygens (including phenoxy) is 2. The first kappa shape index (κ1) is 17.5. The number of hydrogen-bond donors (Lipinski definition) is 3. The van der Waals surface area contributed by atoms with Gasteiger partial charge < -0.3 is 20.1 Å². The van der Waals surface area contributed by atoms with Crippen LogP contribution in [0.2, 0.25) is 0 Å². The normalized spacial score (nSPS) is 17.4. The molecule has 136 valence electrons. The molecule has 7 nitrogen and oxygen atoms in total. The van der Waals surface area contributed by atoms with Crippen molar-refractivity contribution in [2.24, 2.45) is 0 Å². The van der Waals surface area contributed by atoms with Crippen molar-refractivity contribution in [2.45, 2.75) is 51.0 Å². The summed E-state index contributed by atoms with van der Waals surface area (Å²) in [5.41, 5.74) is 0.554. The Balaban J connectivity index is 1.40. The van der Waals surface area contributed by atoms with E-state index in [9.17, 15) is 9.59 Å². The predicted molar refractivity (Wildman–Crippen MR) is 92.6 cm³/mol. The van der Waals surface area contributed by atoms with Gasteiger partial charge in [-0.05, 0) is 37.8 Å². The zero-order valence-corrected chi connectivity index (χ0v) is 14.4. The molecule has 0 bridgehead atoms. The summed E-state index contributed by atoms with van der Waals surface area (Å²) in [6.45, 7) is 0.458. The molecule has 1 aliphatic heterocycles. The molecule has 0 unspecified atom stereocenters. The van der Waals surface area contributed by atoms with E-state index in [1.165, 1.54) is 32.1 Å². The van der Waals surface area contributed by atoms with Crippen LogP contribution in [0, 0.1) is 0 Å². The average Bonchev–Trinajstić information content (AvgIpc) is 3.01. The molecule has 3 amide bonds. The second-order valence-electron chi connectivity index (χ2n) is 6.62. The van der Waals surface area contributed by atoms with Crippen LogP contribution in [0.15, 0.2) is 18.2 Å². The fourth-order valence-electron chi connectivity index (χ4n) is 3.31. The maximum absolute atomic E-state index is 12.0. The number of quaternary nitrogens is 1. The van der Waals surface area contributed by atoms with E-state index in [0.29, 0.717) is 23.2 Å². The highest BCUT2D eigenvalue weighted by atomic mass is 16.7. The molecule has 7 heteroatoms. The lowest BCUT2D eigenvalue weighted by molar-refractivity contribution is -0.680. The van der Waals surface area contributed by atoms with Crippen LogP contribution in [0.3, 0.4) is 0 Å². The topological polar surface area (TPSA) is 93.3 Å². The number of imide groups is 1. The molecule has 0 atom stereocenters. The molecule has 1 fully saturated rings. The summed E-state index contributed by atoms with van der Waals surface area (Å²) in [5, 5.41) is 7.07. The van der Waals surface area contributed by atoms with Crippen molar-refractivity contribution in [3.05, 3.63) is 18.2 Å². The second kappa shape index (κ2) is 8.71. The van der Waals surface area contributed by atoms with E-state index in [4.69, 9.17) is 9.47 Å². The third kappa shape index (κ3) is 5.35. The van der Waals surface area contributed by atoms with E-state index in [2.05, 4.69) is 16.0 Å². The number of amides is 3. The highest BCUT2D eigenvalue weighted by Crippen LogP contribution is 2.34. The highest BCUT2D eigenvalue weighted by Gasteiger charge is 2.18. The number of carbonyl (C=O) groups is 2. The Kier molecular flexibility index (Phi) is 6.11. The van der Waals surface area contributed by atoms with Gasteiger partial charge >= 0.3 is 6.03 Å². The van der Waals surface area contributed by atoms with E-state index in [-0.39, 0.29) is 19.2 Å². The van der Waals surface area contributed by atoms with Crippen LogP contribution in [0.25, 0.3) is 0 Å². The number of fused-ring (bicyclic) bond motifs is 1. The van der Waals surface area contributed by atoms with Crippen LogP contribution >= 0.6 is 0 Å². The third-order valence-corrected chi connectivity index (χ3v) is 4.67. The first-order valence-electron chi connectivity index (χ1n) is 9.04. The molecule has 1 heterocycles. The van der Waals surface area contributed by atoms with E-state index < -0.39 is 6.03 Å². The molecule has 4 N–H and O–H groups in total. The smallest absolute Gasteiger partial charge is 0.326 e. The number of nitrogens with one attached hydrogen (secondary N) is 2. The summed E-state index contributed by atoms with van der Waals surface area (Å²) in [7, 11) is 0. The Labute approximate surface area is 147 Å². The molecule has 1 aliphatic carbocycles. The minimum absolute atomic E-state index is 0.181. The molecule has 3 rings (SSSR count). The number of hydrogen-bond acceptors (Lipinski definition) is 4. The van der Waals surface area contributed by atoms with Gasteiger partial charge in [0.1, 0.15) is 0 Å². The van der Waals surface area contributed by atoms with E-state index in [1.807, 2.05) is 0 Å². The van der Waals surface area contributed by atoms with Crippen molar-refractivity contribution in [1.29, 1.82) is 0 Å². The van der Waals surface area contributed by atoms with Gasteiger partial charge in [-0.15, -0.1) is 0 Å². The van der Waals surface area contributed by atoms with Crippen molar-refractivity contribution in [2.75, 3.05) is 18.7 Å². The van der Waals surface area contributed by atoms with Crippen LogP contribution in [0.5, 0.6) is 11.5 Å². The molecule has 25 heavy (non-hydrogen) atoms. The highest BCUT2D eigenvalue weighted by molar-refractivity contribution is 6.01. The maximum Gasteiger partial charge on any atom is 0.326 e. The molecule has 2 aliphatic rings. The van der Waals surface area contributed by atoms with E-state index in [0.717, 1.165) is 12.8 Å². The first-order valence-corrected chi connectivity index (χ1v) is 9.04. The predicted octanol–water partition coefficient (Wildman–Crippen LogP) is 1.74. The van der Waals surface area contributed by atoms with Gasteiger partial charge in [0.25, 0.3) is 5.91 Å². The molecule has 1 aromatic carbocycles. The molecule has 0 spiro atoms. The molecular weight excluding hydrogens is 322 g/mol. The van der Waals surface area contributed by atoms with Gasteiger partial charge in [0.15, 0.2) is 18.0 Å². The standard InChI is InChI=1S/C18H25N3O4/c22-17(11-19-13-6-4-2-1-3-5-7-13)21-18(23)20-14-8-9-15-16(10-14)25-12-24-15/h8-10,13,19H,1-7,11-12H2,(H2,20,21,22,23)/p+1. The second-order valence-corrected chi connectivity index (χ2v) is 6.62. The van der Waals surface area contributed by atoms with E-state index >= 15 is 0 Å². The number of rotatable bonds is 4. The van der Waals surface area contributed by atoms with Gasteiger partial charge in [0.2, 0.25) is 6.79 Å². The van der Waals surface area contributed by atoms with Crippen LogP contribution < -0.4 is 25.4 Å². The third-order valence-electron chi connectivity index (χ3n) is 4.67. The lowest BCUT2D eigenvalue weighted by atomic mass is 9.97. The van der Waals surface area contributed by atoms with E-state index in [1.54, 1.807) is 18.2 Å². The summed E-state index contributed by atoms with van der Waals surface area (Å²) in [6.07, 6.45) is 8.66. The maximum atomic E-state index is 12.0. The van der Waals surface area contributed by atoms with Gasteiger partial charge in [-0.3, -0.25) is 10.1 Å². The van der Waals surface area contributed by atoms with Crippen molar-refractivity contribution in [1.82, 2.24) is 5.32 Å². The average molecular weight is 348 g/mol. The zero-order chi connectivity index (χ0) is 17.5. The summed E-state index contributed by atoms with van der Waals surface area (Å²) in [4.78, 5) is 23.9. The molecule has 0 radical (unpaired) electrons. The van der Waals surface area contributed by atoms with Crippen LogP contribution in [-0.4, -0.2) is 31.3 Å². The largest absolute Gasteiger partial charge is 0.454 e. The Morgan fingerprint density at radius 1 is 1.04 bits per heavy atom. The lowest BCUT2D eigenvalue weighted by Gasteiger charge is -2.17. The van der Waals surface area contributed by atoms with Crippen molar-refractivity contribution in [3.8, 4) is 11.5 Å². The fraction of sp³-hybridized carbons (Fsp3) is 0.556. The number of anilines is 1. The Hall–Kier alpha value is -2.28. The summed E-state index contributed by atoms with van der Waals surface area (Å²) >= 11 is 0. The number of benzene rings is 1. The van der Waals surface area contributed by atoms with Gasteiger partial charge in [0.05, 0.1) is 6.04 Å². The Morgan fingerprint density at radius 2 is 1.76 bits per heavy atom. The minimum atomic E-state index is -0.532. The Morgan fingerprint density at radius 3 is 2.56 bits per heavy atom. The fourth-order valence-corrected chi connectivity index (χ4v) is 3.31. The zero-order valence-electron chi connectivity index (χ0n) is 14.4. The monoisotopic (exact) mass is 348 g/mol. The van der Waals surface area contributed by atoms with Gasteiger partial charge in [-0.2, -0.15) is 0 Å². The first-order chi connectivity index (χ1) is 12.2. The molecule has 0 saturated heterocycles. The summed E-state index contributed by atoms with van der Waals surface area (Å²) < 4.78 is 10.5. The van der Waals surface area contributed by atoms with Crippen molar-refractivity contribution in [3.63, 3.8) is 0 Å². The molecule has 1 aromatic rings. The molecule has 0 aromatic heterocycles.